The van der Waals surface area contributed by atoms with Gasteiger partial charge in [-0.3, -0.25) is 4.79 Å². The van der Waals surface area contributed by atoms with E-state index in [-0.39, 0.29) is 24.0 Å². The fraction of sp³-hybridized carbons (Fsp3) is 0.304. The smallest absolute Gasteiger partial charge is 0.366 e. The van der Waals surface area contributed by atoms with Crippen LogP contribution in [0.2, 0.25) is 10.0 Å². The normalized spacial score (nSPS) is 13.5. The van der Waals surface area contributed by atoms with Gasteiger partial charge >= 0.3 is 11.7 Å². The molecule has 0 aliphatic heterocycles. The molecule has 2 atom stereocenters. The van der Waals surface area contributed by atoms with Crippen molar-refractivity contribution < 1.29 is 20.1 Å². The molecular formula is C23H25Cl2N4O4S+. The summed E-state index contributed by atoms with van der Waals surface area (Å²) in [5, 5.41) is 1.07. The SMILES string of the molecule is CCC(C)C([NH3+])C(=O)OCn1c(=NC(=O)c2ccc(Cl)cc2)sn(Cc2ccc(Cl)cc2)c1=O. The van der Waals surface area contributed by atoms with Gasteiger partial charge in [0.2, 0.25) is 4.80 Å². The van der Waals surface area contributed by atoms with Gasteiger partial charge in [-0.05, 0) is 59.9 Å². The Labute approximate surface area is 210 Å². The van der Waals surface area contributed by atoms with Crippen molar-refractivity contribution in [3.63, 3.8) is 0 Å². The minimum absolute atomic E-state index is 0.0252. The highest BCUT2D eigenvalue weighted by Gasteiger charge is 2.25. The van der Waals surface area contributed by atoms with E-state index in [9.17, 15) is 14.4 Å². The molecule has 3 aromatic rings. The Morgan fingerprint density at radius 2 is 1.68 bits per heavy atom. The molecule has 0 saturated heterocycles. The van der Waals surface area contributed by atoms with Gasteiger partial charge in [0.05, 0.1) is 6.54 Å². The molecule has 0 aliphatic rings. The second-order valence-electron chi connectivity index (χ2n) is 7.76. The molecule has 0 radical (unpaired) electrons. The Morgan fingerprint density at radius 1 is 1.09 bits per heavy atom. The number of carbonyl (C=O) groups excluding carboxylic acids is 2. The molecule has 11 heteroatoms. The van der Waals surface area contributed by atoms with E-state index in [0.29, 0.717) is 15.6 Å². The molecule has 0 bridgehead atoms. The van der Waals surface area contributed by atoms with Crippen molar-refractivity contribution in [1.82, 2.24) is 8.52 Å². The number of nitrogens with zero attached hydrogens (tertiary/aromatic N) is 3. The van der Waals surface area contributed by atoms with Gasteiger partial charge < -0.3 is 10.5 Å². The number of esters is 1. The minimum atomic E-state index is -0.573. The fourth-order valence-corrected chi connectivity index (χ4v) is 4.14. The molecule has 8 nitrogen and oxygen atoms in total. The molecule has 0 aliphatic carbocycles. The average Bonchev–Trinajstić information content (AvgIpc) is 3.11. The summed E-state index contributed by atoms with van der Waals surface area (Å²) in [5.41, 5.74) is 4.55. The molecule has 2 unspecified atom stereocenters. The molecule has 3 rings (SSSR count). The van der Waals surface area contributed by atoms with Crippen LogP contribution in [0.1, 0.15) is 36.2 Å². The lowest BCUT2D eigenvalue weighted by atomic mass is 10.0. The average molecular weight is 524 g/mol. The van der Waals surface area contributed by atoms with Crippen molar-refractivity contribution in [2.24, 2.45) is 10.9 Å². The van der Waals surface area contributed by atoms with Crippen LogP contribution in [0.4, 0.5) is 0 Å². The number of hydrogen-bond acceptors (Lipinski definition) is 5. The van der Waals surface area contributed by atoms with Gasteiger partial charge in [0.1, 0.15) is 0 Å². The summed E-state index contributed by atoms with van der Waals surface area (Å²) in [4.78, 5) is 42.5. The summed E-state index contributed by atoms with van der Waals surface area (Å²) in [5.74, 6) is -1.05. The van der Waals surface area contributed by atoms with E-state index >= 15 is 0 Å². The maximum atomic E-state index is 13.1. The first-order valence-electron chi connectivity index (χ1n) is 10.6. The molecule has 0 saturated carbocycles. The molecule has 1 heterocycles. The number of aromatic nitrogens is 2. The van der Waals surface area contributed by atoms with Gasteiger partial charge in [0.15, 0.2) is 12.8 Å². The van der Waals surface area contributed by atoms with Crippen molar-refractivity contribution in [3.05, 3.63) is 85.0 Å². The van der Waals surface area contributed by atoms with Gasteiger partial charge in [0.25, 0.3) is 5.91 Å². The summed E-state index contributed by atoms with van der Waals surface area (Å²) >= 11 is 12.8. The Kier molecular flexibility index (Phi) is 8.84. The first kappa shape index (κ1) is 25.9. The number of amides is 1. The molecule has 3 N–H and O–H groups in total. The van der Waals surface area contributed by atoms with E-state index in [1.165, 1.54) is 3.96 Å². The van der Waals surface area contributed by atoms with E-state index in [1.54, 1.807) is 48.5 Å². The Bertz CT molecular complexity index is 1280. The monoisotopic (exact) mass is 523 g/mol. The molecule has 0 fully saturated rings. The van der Waals surface area contributed by atoms with Gasteiger partial charge in [-0.2, -0.15) is 4.99 Å². The standard InChI is InChI=1S/C23H24Cl2N4O4S/c1-3-14(2)19(26)21(31)33-13-28-22(27-20(30)16-6-10-18(25)11-7-16)34-29(23(28)32)12-15-4-8-17(24)9-5-15/h4-11,14,19H,3,12-13,26H2,1-2H3/p+1. The largest absolute Gasteiger partial charge is 0.439 e. The quantitative estimate of drug-likeness (QED) is 0.457. The van der Waals surface area contributed by atoms with Crippen molar-refractivity contribution in [2.75, 3.05) is 0 Å². The first-order valence-corrected chi connectivity index (χ1v) is 12.1. The number of hydrogen-bond donors (Lipinski definition) is 1. The second-order valence-corrected chi connectivity index (χ2v) is 9.62. The van der Waals surface area contributed by atoms with Crippen LogP contribution in [-0.2, 0) is 22.8 Å². The maximum Gasteiger partial charge on any atom is 0.366 e. The molecule has 180 valence electrons. The van der Waals surface area contributed by atoms with Crippen LogP contribution in [0.3, 0.4) is 0 Å². The lowest BCUT2D eigenvalue weighted by Gasteiger charge is -2.13. The number of carbonyl (C=O) groups is 2. The summed E-state index contributed by atoms with van der Waals surface area (Å²) in [6, 6.07) is 12.7. The Balaban J connectivity index is 1.95. The number of benzene rings is 2. The van der Waals surface area contributed by atoms with E-state index in [1.807, 2.05) is 13.8 Å². The highest BCUT2D eigenvalue weighted by atomic mass is 35.5. The minimum Gasteiger partial charge on any atom is -0.439 e. The van der Waals surface area contributed by atoms with Gasteiger partial charge in [-0.15, -0.1) is 0 Å². The van der Waals surface area contributed by atoms with Crippen molar-refractivity contribution in [2.45, 2.75) is 39.6 Å². The van der Waals surface area contributed by atoms with Crippen LogP contribution in [0.25, 0.3) is 0 Å². The Hall–Kier alpha value is -2.72. The highest BCUT2D eigenvalue weighted by Crippen LogP contribution is 2.12. The van der Waals surface area contributed by atoms with Crippen molar-refractivity contribution in [1.29, 1.82) is 0 Å². The van der Waals surface area contributed by atoms with Gasteiger partial charge in [0, 0.05) is 21.5 Å². The lowest BCUT2D eigenvalue weighted by Crippen LogP contribution is -2.68. The third-order valence-corrected chi connectivity index (χ3v) is 6.85. The predicted molar refractivity (Wildman–Crippen MR) is 131 cm³/mol. The maximum absolute atomic E-state index is 13.1. The predicted octanol–water partition coefficient (Wildman–Crippen LogP) is 2.96. The fourth-order valence-electron chi connectivity index (χ4n) is 2.95. The number of ether oxygens (including phenoxy) is 1. The van der Waals surface area contributed by atoms with E-state index in [4.69, 9.17) is 27.9 Å². The van der Waals surface area contributed by atoms with Crippen LogP contribution in [0.5, 0.6) is 0 Å². The highest BCUT2D eigenvalue weighted by molar-refractivity contribution is 7.03. The molecule has 1 amide bonds. The first-order chi connectivity index (χ1) is 16.2. The van der Waals surface area contributed by atoms with Gasteiger partial charge in [-0.25, -0.2) is 18.1 Å². The molecule has 34 heavy (non-hydrogen) atoms. The summed E-state index contributed by atoms with van der Waals surface area (Å²) in [6.07, 6.45) is 0.763. The number of quaternary nitrogens is 1. The topological polar surface area (TPSA) is 110 Å². The number of halogens is 2. The Morgan fingerprint density at radius 3 is 2.26 bits per heavy atom. The molecule has 1 aromatic heterocycles. The number of rotatable bonds is 8. The summed E-state index contributed by atoms with van der Waals surface area (Å²) < 4.78 is 7.96. The van der Waals surface area contributed by atoms with Gasteiger partial charge in [-0.1, -0.05) is 49.2 Å². The third-order valence-electron chi connectivity index (χ3n) is 5.36. The molecule has 0 spiro atoms. The van der Waals surface area contributed by atoms with Crippen molar-refractivity contribution >= 4 is 46.6 Å². The van der Waals surface area contributed by atoms with Crippen LogP contribution >= 0.6 is 34.7 Å². The lowest BCUT2D eigenvalue weighted by molar-refractivity contribution is -0.420. The van der Waals surface area contributed by atoms with Crippen LogP contribution in [0.15, 0.2) is 58.3 Å². The zero-order valence-corrected chi connectivity index (χ0v) is 21.1. The summed E-state index contributed by atoms with van der Waals surface area (Å²) in [7, 11) is 0. The zero-order chi connectivity index (χ0) is 24.8. The second kappa shape index (κ2) is 11.6. The van der Waals surface area contributed by atoms with Crippen molar-refractivity contribution in [3.8, 4) is 0 Å². The van der Waals surface area contributed by atoms with Crippen LogP contribution in [0, 0.1) is 5.92 Å². The zero-order valence-electron chi connectivity index (χ0n) is 18.7. The van der Waals surface area contributed by atoms with Crippen LogP contribution in [-0.4, -0.2) is 26.4 Å². The van der Waals surface area contributed by atoms with E-state index in [2.05, 4.69) is 10.7 Å². The molecular weight excluding hydrogens is 499 g/mol. The van der Waals surface area contributed by atoms with E-state index < -0.39 is 23.6 Å². The van der Waals surface area contributed by atoms with E-state index in [0.717, 1.165) is 28.1 Å². The van der Waals surface area contributed by atoms with Crippen LogP contribution < -0.4 is 16.2 Å². The summed E-state index contributed by atoms with van der Waals surface area (Å²) in [6.45, 7) is 3.72. The third kappa shape index (κ3) is 6.44. The molecule has 2 aromatic carbocycles.